The lowest BCUT2D eigenvalue weighted by Gasteiger charge is -2.24. The van der Waals surface area contributed by atoms with Gasteiger partial charge < -0.3 is 5.32 Å². The fourth-order valence-electron chi connectivity index (χ4n) is 3.53. The van der Waals surface area contributed by atoms with Crippen molar-refractivity contribution in [3.8, 4) is 0 Å². The van der Waals surface area contributed by atoms with E-state index in [1.807, 2.05) is 0 Å². The van der Waals surface area contributed by atoms with Gasteiger partial charge in [-0.3, -0.25) is 4.90 Å². The van der Waals surface area contributed by atoms with E-state index in [0.717, 1.165) is 18.5 Å². The first-order valence-corrected chi connectivity index (χ1v) is 7.77. The maximum Gasteiger partial charge on any atom is 0.0235 e. The van der Waals surface area contributed by atoms with E-state index in [0.29, 0.717) is 5.92 Å². The Morgan fingerprint density at radius 1 is 1.21 bits per heavy atom. The molecule has 2 atom stereocenters. The molecule has 2 fully saturated rings. The Labute approximate surface area is 117 Å². The Kier molecular flexibility index (Phi) is 3.90. The number of nitrogens with one attached hydrogen (secondary N) is 1. The van der Waals surface area contributed by atoms with Gasteiger partial charge in [-0.2, -0.15) is 0 Å². The molecular weight excluding hydrogens is 232 g/mol. The van der Waals surface area contributed by atoms with Crippen LogP contribution in [0.4, 0.5) is 0 Å². The maximum absolute atomic E-state index is 3.68. The summed E-state index contributed by atoms with van der Waals surface area (Å²) in [7, 11) is 0. The molecule has 3 rings (SSSR count). The van der Waals surface area contributed by atoms with Crippen LogP contribution in [0.5, 0.6) is 0 Å². The minimum atomic E-state index is 0.632. The summed E-state index contributed by atoms with van der Waals surface area (Å²) in [5.41, 5.74) is 2.91. The molecule has 0 bridgehead atoms. The van der Waals surface area contributed by atoms with E-state index in [1.54, 1.807) is 0 Å². The fourth-order valence-corrected chi connectivity index (χ4v) is 3.53. The van der Waals surface area contributed by atoms with E-state index in [1.165, 1.54) is 43.6 Å². The lowest BCUT2D eigenvalue weighted by atomic mass is 9.94. The van der Waals surface area contributed by atoms with E-state index >= 15 is 0 Å². The number of hydrogen-bond acceptors (Lipinski definition) is 2. The van der Waals surface area contributed by atoms with E-state index in [2.05, 4.69) is 48.3 Å². The topological polar surface area (TPSA) is 15.3 Å². The van der Waals surface area contributed by atoms with Crippen LogP contribution in [0.1, 0.15) is 43.7 Å². The SMILES string of the molecule is CC(C)c1ccc(CN2CC3CCCNC3C2)cc1. The summed E-state index contributed by atoms with van der Waals surface area (Å²) >= 11 is 0. The summed E-state index contributed by atoms with van der Waals surface area (Å²) in [4.78, 5) is 2.62. The van der Waals surface area contributed by atoms with Crippen molar-refractivity contribution in [3.05, 3.63) is 35.4 Å². The minimum absolute atomic E-state index is 0.632. The van der Waals surface area contributed by atoms with Crippen molar-refractivity contribution in [2.45, 2.75) is 45.2 Å². The minimum Gasteiger partial charge on any atom is -0.312 e. The van der Waals surface area contributed by atoms with Crippen molar-refractivity contribution in [3.63, 3.8) is 0 Å². The van der Waals surface area contributed by atoms with Crippen LogP contribution in [0.3, 0.4) is 0 Å². The molecule has 2 aliphatic rings. The lowest BCUT2D eigenvalue weighted by Crippen LogP contribution is -2.40. The molecule has 104 valence electrons. The third-order valence-corrected chi connectivity index (χ3v) is 4.73. The van der Waals surface area contributed by atoms with E-state index < -0.39 is 0 Å². The molecule has 2 heteroatoms. The van der Waals surface area contributed by atoms with Gasteiger partial charge in [-0.05, 0) is 42.3 Å². The highest BCUT2D eigenvalue weighted by atomic mass is 15.2. The largest absolute Gasteiger partial charge is 0.312 e. The Bertz CT molecular complexity index is 396. The predicted molar refractivity (Wildman–Crippen MR) is 80.3 cm³/mol. The average molecular weight is 258 g/mol. The Morgan fingerprint density at radius 2 is 2.00 bits per heavy atom. The number of hydrogen-bond donors (Lipinski definition) is 1. The number of benzene rings is 1. The second-order valence-corrected chi connectivity index (χ2v) is 6.55. The van der Waals surface area contributed by atoms with Gasteiger partial charge in [-0.1, -0.05) is 38.1 Å². The molecule has 2 nitrogen and oxygen atoms in total. The van der Waals surface area contributed by atoms with E-state index in [-0.39, 0.29) is 0 Å². The summed E-state index contributed by atoms with van der Waals surface area (Å²) in [6, 6.07) is 9.96. The van der Waals surface area contributed by atoms with Crippen molar-refractivity contribution in [2.24, 2.45) is 5.92 Å². The molecule has 2 aliphatic heterocycles. The highest BCUT2D eigenvalue weighted by Crippen LogP contribution is 2.26. The van der Waals surface area contributed by atoms with Gasteiger partial charge in [-0.15, -0.1) is 0 Å². The molecule has 0 radical (unpaired) electrons. The van der Waals surface area contributed by atoms with Gasteiger partial charge in [0.05, 0.1) is 0 Å². The summed E-state index contributed by atoms with van der Waals surface area (Å²) in [5.74, 6) is 1.52. The highest BCUT2D eigenvalue weighted by molar-refractivity contribution is 5.24. The molecular formula is C17H26N2. The van der Waals surface area contributed by atoms with Crippen LogP contribution in [0.15, 0.2) is 24.3 Å². The number of piperidine rings is 1. The summed E-state index contributed by atoms with van der Waals surface area (Å²) in [6.45, 7) is 9.36. The number of likely N-dealkylation sites (tertiary alicyclic amines) is 1. The van der Waals surface area contributed by atoms with Gasteiger partial charge in [0.15, 0.2) is 0 Å². The predicted octanol–water partition coefficient (Wildman–Crippen LogP) is 2.99. The van der Waals surface area contributed by atoms with Crippen LogP contribution in [-0.4, -0.2) is 30.6 Å². The van der Waals surface area contributed by atoms with Crippen LogP contribution in [0, 0.1) is 5.92 Å². The number of nitrogens with zero attached hydrogens (tertiary/aromatic N) is 1. The number of fused-ring (bicyclic) bond motifs is 1. The summed E-state index contributed by atoms with van der Waals surface area (Å²) in [5, 5.41) is 3.68. The van der Waals surface area contributed by atoms with Gasteiger partial charge in [0.25, 0.3) is 0 Å². The van der Waals surface area contributed by atoms with E-state index in [9.17, 15) is 0 Å². The normalized spacial score (nSPS) is 27.7. The molecule has 2 heterocycles. The monoisotopic (exact) mass is 258 g/mol. The first-order chi connectivity index (χ1) is 9.22. The van der Waals surface area contributed by atoms with E-state index in [4.69, 9.17) is 0 Å². The average Bonchev–Trinajstić information content (AvgIpc) is 2.81. The fraction of sp³-hybridized carbons (Fsp3) is 0.647. The molecule has 0 spiro atoms. The molecule has 0 amide bonds. The molecule has 0 aliphatic carbocycles. The molecule has 0 saturated carbocycles. The van der Waals surface area contributed by atoms with Crippen LogP contribution in [0.25, 0.3) is 0 Å². The molecule has 2 unspecified atom stereocenters. The van der Waals surface area contributed by atoms with Gasteiger partial charge in [0.2, 0.25) is 0 Å². The quantitative estimate of drug-likeness (QED) is 0.896. The Balaban J connectivity index is 1.59. The first kappa shape index (κ1) is 13.1. The zero-order valence-corrected chi connectivity index (χ0v) is 12.2. The highest BCUT2D eigenvalue weighted by Gasteiger charge is 2.33. The van der Waals surface area contributed by atoms with Gasteiger partial charge in [0.1, 0.15) is 0 Å². The van der Waals surface area contributed by atoms with Gasteiger partial charge >= 0.3 is 0 Å². The smallest absolute Gasteiger partial charge is 0.0235 e. The third kappa shape index (κ3) is 3.01. The zero-order chi connectivity index (χ0) is 13.2. The van der Waals surface area contributed by atoms with Crippen molar-refractivity contribution in [1.82, 2.24) is 10.2 Å². The van der Waals surface area contributed by atoms with Crippen LogP contribution >= 0.6 is 0 Å². The van der Waals surface area contributed by atoms with Gasteiger partial charge in [0, 0.05) is 25.7 Å². The van der Waals surface area contributed by atoms with Crippen LogP contribution < -0.4 is 5.32 Å². The van der Waals surface area contributed by atoms with Crippen molar-refractivity contribution in [1.29, 1.82) is 0 Å². The molecule has 1 N–H and O–H groups in total. The summed E-state index contributed by atoms with van der Waals surface area (Å²) in [6.07, 6.45) is 2.78. The standard InChI is InChI=1S/C17H26N2/c1-13(2)15-7-5-14(6-8-15)10-19-11-16-4-3-9-18-17(16)12-19/h5-8,13,16-18H,3-4,9-12H2,1-2H3. The third-order valence-electron chi connectivity index (χ3n) is 4.73. The molecule has 19 heavy (non-hydrogen) atoms. The Morgan fingerprint density at radius 3 is 2.68 bits per heavy atom. The molecule has 1 aromatic carbocycles. The summed E-state index contributed by atoms with van der Waals surface area (Å²) < 4.78 is 0. The Hall–Kier alpha value is -0.860. The van der Waals surface area contributed by atoms with Crippen LogP contribution in [-0.2, 0) is 6.54 Å². The van der Waals surface area contributed by atoms with Crippen molar-refractivity contribution in [2.75, 3.05) is 19.6 Å². The lowest BCUT2D eigenvalue weighted by molar-refractivity contribution is 0.312. The van der Waals surface area contributed by atoms with Gasteiger partial charge in [-0.25, -0.2) is 0 Å². The molecule has 0 aromatic heterocycles. The first-order valence-electron chi connectivity index (χ1n) is 7.77. The molecule has 2 saturated heterocycles. The molecule has 1 aromatic rings. The number of rotatable bonds is 3. The van der Waals surface area contributed by atoms with Crippen molar-refractivity contribution < 1.29 is 0 Å². The van der Waals surface area contributed by atoms with Crippen molar-refractivity contribution >= 4 is 0 Å². The second-order valence-electron chi connectivity index (χ2n) is 6.55. The second kappa shape index (κ2) is 5.64. The maximum atomic E-state index is 3.68. The zero-order valence-electron chi connectivity index (χ0n) is 12.2. The van der Waals surface area contributed by atoms with Crippen LogP contribution in [0.2, 0.25) is 0 Å².